The van der Waals surface area contributed by atoms with Gasteiger partial charge in [0.25, 0.3) is 0 Å². The summed E-state index contributed by atoms with van der Waals surface area (Å²) in [6.45, 7) is 2.96. The van der Waals surface area contributed by atoms with E-state index < -0.39 is 0 Å². The zero-order valence-corrected chi connectivity index (χ0v) is 13.8. The third-order valence-corrected chi connectivity index (χ3v) is 4.27. The Labute approximate surface area is 140 Å². The molecule has 0 bridgehead atoms. The van der Waals surface area contributed by atoms with Gasteiger partial charge in [-0.25, -0.2) is 0 Å². The van der Waals surface area contributed by atoms with E-state index in [1.54, 1.807) is 0 Å². The van der Waals surface area contributed by atoms with Gasteiger partial charge in [-0.2, -0.15) is 4.98 Å². The van der Waals surface area contributed by atoms with Crippen molar-refractivity contribution >= 4 is 28.0 Å². The summed E-state index contributed by atoms with van der Waals surface area (Å²) in [4.78, 5) is 10.00. The number of aromatic nitrogens is 4. The second kappa shape index (κ2) is 5.92. The summed E-state index contributed by atoms with van der Waals surface area (Å²) in [5.41, 5.74) is 5.24. The quantitative estimate of drug-likeness (QED) is 0.626. The van der Waals surface area contributed by atoms with Crippen molar-refractivity contribution in [1.82, 2.24) is 20.2 Å². The number of para-hydroxylation sites is 1. The van der Waals surface area contributed by atoms with Crippen molar-refractivity contribution in [3.05, 3.63) is 59.7 Å². The van der Waals surface area contributed by atoms with Crippen molar-refractivity contribution in [1.29, 1.82) is 0 Å². The molecule has 4 rings (SSSR count). The van der Waals surface area contributed by atoms with Crippen LogP contribution < -0.4 is 4.90 Å². The third kappa shape index (κ3) is 2.69. The Kier molecular flexibility index (Phi) is 3.61. The van der Waals surface area contributed by atoms with Crippen LogP contribution in [-0.2, 0) is 6.42 Å². The van der Waals surface area contributed by atoms with Crippen molar-refractivity contribution in [2.75, 3.05) is 18.5 Å². The molecule has 0 saturated carbocycles. The predicted octanol–water partition coefficient (Wildman–Crippen LogP) is 3.49. The zero-order chi connectivity index (χ0) is 16.5. The van der Waals surface area contributed by atoms with E-state index in [9.17, 15) is 0 Å². The summed E-state index contributed by atoms with van der Waals surface area (Å²) in [7, 11) is 2.00. The van der Waals surface area contributed by atoms with Crippen LogP contribution in [-0.4, -0.2) is 33.8 Å². The molecule has 120 valence electrons. The van der Waals surface area contributed by atoms with Gasteiger partial charge in [0.15, 0.2) is 5.65 Å². The van der Waals surface area contributed by atoms with Crippen LogP contribution in [0.5, 0.6) is 0 Å². The molecule has 0 unspecified atom stereocenters. The van der Waals surface area contributed by atoms with E-state index in [0.29, 0.717) is 5.95 Å². The fourth-order valence-electron chi connectivity index (χ4n) is 2.94. The van der Waals surface area contributed by atoms with Crippen molar-refractivity contribution in [3.8, 4) is 0 Å². The molecular weight excluding hydrogens is 298 g/mol. The second-order valence-electron chi connectivity index (χ2n) is 6.14. The first kappa shape index (κ1) is 14.6. The van der Waals surface area contributed by atoms with Crippen LogP contribution in [0.25, 0.3) is 22.1 Å². The number of benzene rings is 2. The monoisotopic (exact) mass is 317 g/mol. The fourth-order valence-corrected chi connectivity index (χ4v) is 2.94. The first-order valence-electron chi connectivity index (χ1n) is 8.08. The van der Waals surface area contributed by atoms with Crippen molar-refractivity contribution in [3.63, 3.8) is 0 Å². The van der Waals surface area contributed by atoms with Crippen molar-refractivity contribution in [2.24, 2.45) is 0 Å². The van der Waals surface area contributed by atoms with Crippen LogP contribution in [0.3, 0.4) is 0 Å². The lowest BCUT2D eigenvalue weighted by Gasteiger charge is -2.16. The van der Waals surface area contributed by atoms with Gasteiger partial charge in [0.2, 0.25) is 5.95 Å². The molecule has 0 fully saturated rings. The van der Waals surface area contributed by atoms with Crippen LogP contribution in [0.1, 0.15) is 11.1 Å². The number of nitrogens with zero attached hydrogens (tertiary/aromatic N) is 4. The van der Waals surface area contributed by atoms with E-state index in [4.69, 9.17) is 0 Å². The number of likely N-dealkylation sites (N-methyl/N-ethyl adjacent to an activating group) is 1. The van der Waals surface area contributed by atoms with Gasteiger partial charge in [-0.3, -0.25) is 0 Å². The minimum atomic E-state index is 0.640. The Bertz CT molecular complexity index is 1000. The first-order chi connectivity index (χ1) is 11.7. The number of hydrogen-bond donors (Lipinski definition) is 1. The predicted molar refractivity (Wildman–Crippen MR) is 97.3 cm³/mol. The molecule has 0 amide bonds. The first-order valence-corrected chi connectivity index (χ1v) is 8.08. The molecule has 0 aliphatic rings. The molecule has 0 saturated heterocycles. The molecule has 2 aromatic heterocycles. The highest BCUT2D eigenvalue weighted by Crippen LogP contribution is 2.22. The molecule has 24 heavy (non-hydrogen) atoms. The summed E-state index contributed by atoms with van der Waals surface area (Å²) in [6, 6.07) is 16.6. The molecule has 0 atom stereocenters. The van der Waals surface area contributed by atoms with E-state index in [1.807, 2.05) is 36.2 Å². The summed E-state index contributed by atoms with van der Waals surface area (Å²) >= 11 is 0. The second-order valence-corrected chi connectivity index (χ2v) is 6.14. The molecule has 2 heterocycles. The highest BCUT2D eigenvalue weighted by molar-refractivity contribution is 6.03. The molecule has 1 N–H and O–H groups in total. The largest absolute Gasteiger partial charge is 0.342 e. The van der Waals surface area contributed by atoms with Gasteiger partial charge >= 0.3 is 0 Å². The van der Waals surface area contributed by atoms with Gasteiger partial charge in [-0.15, -0.1) is 10.2 Å². The molecule has 0 spiro atoms. The molecular formula is C19H19N5. The molecule has 5 nitrogen and oxygen atoms in total. The number of rotatable bonds is 4. The third-order valence-electron chi connectivity index (χ3n) is 4.27. The van der Waals surface area contributed by atoms with Crippen LogP contribution in [0.4, 0.5) is 5.95 Å². The summed E-state index contributed by atoms with van der Waals surface area (Å²) in [5.74, 6) is 0.640. The Balaban J connectivity index is 1.57. The Hall–Kier alpha value is -2.95. The standard InChI is InChI=1S/C19H19N5/c1-13-6-5-7-14(12-13)10-11-24(2)19-21-18-17(22-23-19)15-8-3-4-9-16(15)20-18/h3-9,12H,10-11H2,1-2H3,(H,20,21,23). The molecule has 2 aromatic carbocycles. The molecule has 4 aromatic rings. The molecule has 0 aliphatic carbocycles. The normalized spacial score (nSPS) is 11.2. The number of aromatic amines is 1. The SMILES string of the molecule is Cc1cccc(CCN(C)c2nnc3c(n2)[nH]c2ccccc23)c1. The van der Waals surface area contributed by atoms with E-state index in [2.05, 4.69) is 51.4 Å². The van der Waals surface area contributed by atoms with Gasteiger partial charge < -0.3 is 9.88 Å². The number of aryl methyl sites for hydroxylation is 1. The van der Waals surface area contributed by atoms with E-state index >= 15 is 0 Å². The Morgan fingerprint density at radius 3 is 2.79 bits per heavy atom. The lowest BCUT2D eigenvalue weighted by molar-refractivity contribution is 0.821. The maximum absolute atomic E-state index is 4.64. The highest BCUT2D eigenvalue weighted by Gasteiger charge is 2.11. The average Bonchev–Trinajstić information content (AvgIpc) is 2.97. The lowest BCUT2D eigenvalue weighted by atomic mass is 10.1. The van der Waals surface area contributed by atoms with E-state index in [-0.39, 0.29) is 0 Å². The summed E-state index contributed by atoms with van der Waals surface area (Å²) in [5, 5.41) is 9.73. The van der Waals surface area contributed by atoms with Gasteiger partial charge in [-0.05, 0) is 25.0 Å². The van der Waals surface area contributed by atoms with E-state index in [0.717, 1.165) is 35.0 Å². The minimum Gasteiger partial charge on any atom is -0.342 e. The van der Waals surface area contributed by atoms with Gasteiger partial charge in [0, 0.05) is 24.5 Å². The maximum atomic E-state index is 4.64. The zero-order valence-electron chi connectivity index (χ0n) is 13.8. The lowest BCUT2D eigenvalue weighted by Crippen LogP contribution is -2.23. The Morgan fingerprint density at radius 2 is 1.92 bits per heavy atom. The maximum Gasteiger partial charge on any atom is 0.247 e. The minimum absolute atomic E-state index is 0.640. The van der Waals surface area contributed by atoms with Crippen molar-refractivity contribution in [2.45, 2.75) is 13.3 Å². The molecule has 0 aliphatic heterocycles. The van der Waals surface area contributed by atoms with Crippen LogP contribution in [0.15, 0.2) is 48.5 Å². The summed E-state index contributed by atoms with van der Waals surface area (Å²) < 4.78 is 0. The van der Waals surface area contributed by atoms with Crippen molar-refractivity contribution < 1.29 is 0 Å². The number of anilines is 1. The Morgan fingerprint density at radius 1 is 1.04 bits per heavy atom. The number of nitrogens with one attached hydrogen (secondary N) is 1. The van der Waals surface area contributed by atoms with Crippen LogP contribution in [0.2, 0.25) is 0 Å². The van der Waals surface area contributed by atoms with Gasteiger partial charge in [-0.1, -0.05) is 48.0 Å². The topological polar surface area (TPSA) is 57.7 Å². The number of fused-ring (bicyclic) bond motifs is 3. The highest BCUT2D eigenvalue weighted by atomic mass is 15.3. The fraction of sp³-hybridized carbons (Fsp3) is 0.211. The number of H-pyrrole nitrogens is 1. The molecule has 0 radical (unpaired) electrons. The van der Waals surface area contributed by atoms with Gasteiger partial charge in [0.1, 0.15) is 5.52 Å². The van der Waals surface area contributed by atoms with Gasteiger partial charge in [0.05, 0.1) is 0 Å². The summed E-state index contributed by atoms with van der Waals surface area (Å²) in [6.07, 6.45) is 0.951. The molecule has 5 heteroatoms. The smallest absolute Gasteiger partial charge is 0.247 e. The van der Waals surface area contributed by atoms with E-state index in [1.165, 1.54) is 11.1 Å². The van der Waals surface area contributed by atoms with Crippen LogP contribution >= 0.6 is 0 Å². The number of hydrogen-bond acceptors (Lipinski definition) is 4. The average molecular weight is 317 g/mol. The van der Waals surface area contributed by atoms with Crippen LogP contribution in [0, 0.1) is 6.92 Å².